The van der Waals surface area contributed by atoms with Gasteiger partial charge in [-0.3, -0.25) is 4.99 Å². The zero-order valence-corrected chi connectivity index (χ0v) is 20.0. The van der Waals surface area contributed by atoms with Crippen LogP contribution in [0.15, 0.2) is 4.99 Å². The molecule has 2 N–H and O–H groups in total. The number of nitrogens with one attached hydrogen (secondary N) is 2. The molecule has 8 nitrogen and oxygen atoms in total. The number of aromatic nitrogens is 1. The topological polar surface area (TPSA) is 82.1 Å². The summed E-state index contributed by atoms with van der Waals surface area (Å²) < 4.78 is 5.10. The number of esters is 1. The van der Waals surface area contributed by atoms with Crippen molar-refractivity contribution in [3.8, 4) is 0 Å². The Kier molecular flexibility index (Phi) is 10.5. The molecular weight excluding hydrogens is 400 g/mol. The number of hydrogen-bond acceptors (Lipinski definition) is 7. The number of guanidine groups is 1. The average Bonchev–Trinajstić information content (AvgIpc) is 3.15. The molecule has 1 aromatic heterocycles. The molecular formula is C21H38N6O2S. The molecule has 2 heterocycles. The number of carbonyl (C=O) groups excluding carboxylic acids is 1. The van der Waals surface area contributed by atoms with Crippen molar-refractivity contribution in [2.75, 3.05) is 59.5 Å². The van der Waals surface area contributed by atoms with Crippen LogP contribution >= 0.6 is 11.3 Å². The molecule has 1 unspecified atom stereocenters. The number of likely N-dealkylation sites (N-methyl/N-ethyl adjacent to an activating group) is 1. The van der Waals surface area contributed by atoms with Crippen LogP contribution in [0.2, 0.25) is 0 Å². The fourth-order valence-corrected chi connectivity index (χ4v) is 4.41. The van der Waals surface area contributed by atoms with E-state index in [1.807, 2.05) is 13.8 Å². The van der Waals surface area contributed by atoms with Crippen LogP contribution in [0, 0.1) is 6.92 Å². The number of rotatable bonds is 10. The summed E-state index contributed by atoms with van der Waals surface area (Å²) in [6.45, 7) is 16.2. The van der Waals surface area contributed by atoms with E-state index in [4.69, 9.17) is 4.74 Å². The van der Waals surface area contributed by atoms with Crippen molar-refractivity contribution >= 4 is 23.3 Å². The Bertz CT molecular complexity index is 685. The molecule has 1 aromatic rings. The molecule has 1 saturated heterocycles. The highest BCUT2D eigenvalue weighted by Gasteiger charge is 2.20. The second kappa shape index (κ2) is 12.9. The quantitative estimate of drug-likeness (QED) is 0.251. The molecule has 9 heteroatoms. The fourth-order valence-electron chi connectivity index (χ4n) is 3.45. The minimum atomic E-state index is -0.301. The molecule has 0 aromatic carbocycles. The van der Waals surface area contributed by atoms with Crippen LogP contribution in [0.3, 0.4) is 0 Å². The number of aliphatic imine (C=N–C) groups is 1. The van der Waals surface area contributed by atoms with Gasteiger partial charge in [-0.05, 0) is 46.7 Å². The van der Waals surface area contributed by atoms with Crippen LogP contribution in [-0.4, -0.2) is 86.2 Å². The van der Waals surface area contributed by atoms with E-state index in [0.29, 0.717) is 17.2 Å². The first-order valence-corrected chi connectivity index (χ1v) is 11.9. The van der Waals surface area contributed by atoms with Gasteiger partial charge in [0.05, 0.1) is 18.3 Å². The van der Waals surface area contributed by atoms with Crippen LogP contribution in [0.5, 0.6) is 0 Å². The minimum Gasteiger partial charge on any atom is -0.462 e. The van der Waals surface area contributed by atoms with Crippen molar-refractivity contribution in [1.82, 2.24) is 25.4 Å². The van der Waals surface area contributed by atoms with Crippen molar-refractivity contribution in [3.05, 3.63) is 15.6 Å². The molecule has 1 aliphatic heterocycles. The van der Waals surface area contributed by atoms with Gasteiger partial charge >= 0.3 is 5.97 Å². The molecule has 2 rings (SSSR count). The van der Waals surface area contributed by atoms with E-state index in [1.165, 1.54) is 43.9 Å². The van der Waals surface area contributed by atoms with E-state index in [1.54, 1.807) is 14.0 Å². The third-order valence-corrected chi connectivity index (χ3v) is 6.65. The third kappa shape index (κ3) is 7.52. The monoisotopic (exact) mass is 438 g/mol. The summed E-state index contributed by atoms with van der Waals surface area (Å²) in [5, 5.41) is 7.60. The number of aryl methyl sites for hydroxylation is 1. The van der Waals surface area contributed by atoms with Gasteiger partial charge in [0.2, 0.25) is 0 Å². The molecule has 0 saturated carbocycles. The van der Waals surface area contributed by atoms with E-state index in [-0.39, 0.29) is 12.0 Å². The number of piperazine rings is 1. The zero-order valence-electron chi connectivity index (χ0n) is 19.2. The minimum absolute atomic E-state index is 0.0436. The second-order valence-corrected chi connectivity index (χ2v) is 8.57. The summed E-state index contributed by atoms with van der Waals surface area (Å²) in [5.41, 5.74) is 0.713. The number of unbranched alkanes of at least 4 members (excludes halogenated alkanes) is 1. The summed E-state index contributed by atoms with van der Waals surface area (Å²) in [6, 6.07) is -0.0436. The van der Waals surface area contributed by atoms with E-state index >= 15 is 0 Å². The fraction of sp³-hybridized carbons (Fsp3) is 0.762. The highest BCUT2D eigenvalue weighted by molar-refractivity contribution is 7.13. The van der Waals surface area contributed by atoms with Gasteiger partial charge < -0.3 is 25.2 Å². The van der Waals surface area contributed by atoms with Gasteiger partial charge in [-0.15, -0.1) is 11.3 Å². The average molecular weight is 439 g/mol. The Morgan fingerprint density at radius 3 is 2.57 bits per heavy atom. The number of hydrogen-bond donors (Lipinski definition) is 2. The highest BCUT2D eigenvalue weighted by atomic mass is 32.1. The van der Waals surface area contributed by atoms with Gasteiger partial charge in [-0.1, -0.05) is 6.92 Å². The maximum atomic E-state index is 12.0. The lowest BCUT2D eigenvalue weighted by atomic mass is 10.2. The van der Waals surface area contributed by atoms with Crippen molar-refractivity contribution in [1.29, 1.82) is 0 Å². The summed E-state index contributed by atoms with van der Waals surface area (Å²) >= 11 is 1.38. The molecule has 1 fully saturated rings. The van der Waals surface area contributed by atoms with Gasteiger partial charge in [0, 0.05) is 39.8 Å². The molecule has 0 aliphatic carbocycles. The number of thiazole rings is 1. The Morgan fingerprint density at radius 2 is 1.93 bits per heavy atom. The lowest BCUT2D eigenvalue weighted by molar-refractivity contribution is 0.0531. The second-order valence-electron chi connectivity index (χ2n) is 7.54. The first-order chi connectivity index (χ1) is 14.5. The predicted octanol–water partition coefficient (Wildman–Crippen LogP) is 2.27. The van der Waals surface area contributed by atoms with Crippen molar-refractivity contribution < 1.29 is 9.53 Å². The molecule has 0 radical (unpaired) electrons. The van der Waals surface area contributed by atoms with Crippen molar-refractivity contribution in [3.63, 3.8) is 0 Å². The predicted molar refractivity (Wildman–Crippen MR) is 124 cm³/mol. The molecule has 0 bridgehead atoms. The maximum Gasteiger partial charge on any atom is 0.350 e. The third-order valence-electron chi connectivity index (χ3n) is 5.33. The van der Waals surface area contributed by atoms with Gasteiger partial charge in [0.15, 0.2) is 5.96 Å². The largest absolute Gasteiger partial charge is 0.462 e. The van der Waals surface area contributed by atoms with Crippen LogP contribution < -0.4 is 10.6 Å². The van der Waals surface area contributed by atoms with E-state index in [0.717, 1.165) is 37.0 Å². The molecule has 170 valence electrons. The normalized spacial score (nSPS) is 17.0. The molecule has 0 spiro atoms. The summed E-state index contributed by atoms with van der Waals surface area (Å²) in [4.78, 5) is 26.5. The van der Waals surface area contributed by atoms with E-state index in [2.05, 4.69) is 37.3 Å². The zero-order chi connectivity index (χ0) is 21.9. The summed E-state index contributed by atoms with van der Waals surface area (Å²) in [7, 11) is 1.77. The van der Waals surface area contributed by atoms with E-state index in [9.17, 15) is 4.79 Å². The maximum absolute atomic E-state index is 12.0. The van der Waals surface area contributed by atoms with Crippen molar-refractivity contribution in [2.45, 2.75) is 46.6 Å². The van der Waals surface area contributed by atoms with Crippen molar-refractivity contribution in [2.24, 2.45) is 4.99 Å². The standard InChI is InChI=1S/C21H38N6O2S/c1-6-26-12-14-27(15-13-26)11-9-8-10-23-21(22-5)25-17(4)19-24-16(3)18(30-19)20(28)29-7-2/h17H,6-15H2,1-5H3,(H2,22,23,25). The summed E-state index contributed by atoms with van der Waals surface area (Å²) in [6.07, 6.45) is 2.28. The number of nitrogens with zero attached hydrogens (tertiary/aromatic N) is 4. The Balaban J connectivity index is 1.70. The Morgan fingerprint density at radius 1 is 1.23 bits per heavy atom. The molecule has 0 amide bonds. The van der Waals surface area contributed by atoms with Crippen LogP contribution in [-0.2, 0) is 4.74 Å². The Labute approximate surface area is 185 Å². The molecule has 1 atom stereocenters. The van der Waals surface area contributed by atoms with Gasteiger partial charge in [0.1, 0.15) is 9.88 Å². The SMILES string of the molecule is CCOC(=O)c1sc(C(C)NC(=NC)NCCCCN2CCN(CC)CC2)nc1C. The van der Waals surface area contributed by atoms with Gasteiger partial charge in [0.25, 0.3) is 0 Å². The molecule has 30 heavy (non-hydrogen) atoms. The lowest BCUT2D eigenvalue weighted by Gasteiger charge is -2.34. The first-order valence-electron chi connectivity index (χ1n) is 11.0. The molecule has 1 aliphatic rings. The first kappa shape index (κ1) is 24.6. The summed E-state index contributed by atoms with van der Waals surface area (Å²) in [5.74, 6) is 0.453. The highest BCUT2D eigenvalue weighted by Crippen LogP contribution is 2.24. The van der Waals surface area contributed by atoms with Crippen LogP contribution in [0.25, 0.3) is 0 Å². The van der Waals surface area contributed by atoms with Gasteiger partial charge in [-0.25, -0.2) is 9.78 Å². The van der Waals surface area contributed by atoms with E-state index < -0.39 is 0 Å². The van der Waals surface area contributed by atoms with Crippen LogP contribution in [0.4, 0.5) is 0 Å². The van der Waals surface area contributed by atoms with Crippen LogP contribution in [0.1, 0.15) is 60.0 Å². The number of ether oxygens (including phenoxy) is 1. The van der Waals surface area contributed by atoms with Gasteiger partial charge in [-0.2, -0.15) is 0 Å². The lowest BCUT2D eigenvalue weighted by Crippen LogP contribution is -2.46. The number of carbonyl (C=O) groups is 1. The Hall–Kier alpha value is -1.71. The smallest absolute Gasteiger partial charge is 0.350 e.